The van der Waals surface area contributed by atoms with Crippen molar-refractivity contribution >= 4 is 34.4 Å². The summed E-state index contributed by atoms with van der Waals surface area (Å²) in [4.78, 5) is 8.98. The Hall–Kier alpha value is -2.55. The summed E-state index contributed by atoms with van der Waals surface area (Å²) in [7, 11) is 0. The van der Waals surface area contributed by atoms with Crippen LogP contribution in [0.25, 0.3) is 0 Å². The van der Waals surface area contributed by atoms with Crippen molar-refractivity contribution in [2.45, 2.75) is 72.1 Å². The highest BCUT2D eigenvalue weighted by atomic mass is 32.2. The van der Waals surface area contributed by atoms with Gasteiger partial charge in [0.05, 0.1) is 23.6 Å². The van der Waals surface area contributed by atoms with Crippen LogP contribution < -0.4 is 10.1 Å². The number of benzene rings is 1. The number of halogens is 2. The Balaban J connectivity index is 1.85. The van der Waals surface area contributed by atoms with Crippen molar-refractivity contribution in [1.29, 1.82) is 10.8 Å². The first-order chi connectivity index (χ1) is 17.8. The Morgan fingerprint density at radius 3 is 2.62 bits per heavy atom. The number of unbranched alkanes of at least 4 members (excludes halogenated alkanes) is 2. The smallest absolute Gasteiger partial charge is 0.139 e. The van der Waals surface area contributed by atoms with E-state index in [1.54, 1.807) is 20.2 Å². The van der Waals surface area contributed by atoms with Crippen molar-refractivity contribution in [3.63, 3.8) is 0 Å². The largest absolute Gasteiger partial charge is 0.493 e. The van der Waals surface area contributed by atoms with Gasteiger partial charge in [-0.2, -0.15) is 0 Å². The number of rotatable bonds is 11. The molecular weight excluding hydrogens is 492 g/mol. The molecule has 0 aliphatic carbocycles. The van der Waals surface area contributed by atoms with E-state index in [-0.39, 0.29) is 21.8 Å². The van der Waals surface area contributed by atoms with E-state index in [1.165, 1.54) is 12.8 Å². The normalized spacial score (nSPS) is 19.6. The number of nitrogens with zero attached hydrogens (tertiary/aromatic N) is 2. The summed E-state index contributed by atoms with van der Waals surface area (Å²) >= 11 is 0.765. The summed E-state index contributed by atoms with van der Waals surface area (Å²) in [6.07, 6.45) is 13.7. The van der Waals surface area contributed by atoms with E-state index in [9.17, 15) is 8.78 Å². The van der Waals surface area contributed by atoms with Crippen molar-refractivity contribution in [3.8, 4) is 5.75 Å². The fraction of sp³-hybridized carbons (Fsp3) is 0.571. The molecule has 1 heterocycles. The summed E-state index contributed by atoms with van der Waals surface area (Å²) < 4.78 is 34.8. The Kier molecular flexibility index (Phi) is 14.1. The number of nitrogens with one attached hydrogen (secondary N) is 3. The first kappa shape index (κ1) is 30.7. The Bertz CT molecular complexity index is 954. The molecule has 6 nitrogen and oxygen atoms in total. The van der Waals surface area contributed by atoms with Gasteiger partial charge in [0.25, 0.3) is 0 Å². The van der Waals surface area contributed by atoms with Crippen molar-refractivity contribution in [2.75, 3.05) is 19.7 Å². The third kappa shape index (κ3) is 11.6. The monoisotopic (exact) mass is 533 g/mol. The Labute approximate surface area is 224 Å². The molecule has 37 heavy (non-hydrogen) atoms. The zero-order valence-corrected chi connectivity index (χ0v) is 23.1. The number of ether oxygens (including phenoxy) is 1. The summed E-state index contributed by atoms with van der Waals surface area (Å²) in [5, 5.41) is 19.0. The highest BCUT2D eigenvalue weighted by molar-refractivity contribution is 8.26. The lowest BCUT2D eigenvalue weighted by Gasteiger charge is -2.17. The minimum atomic E-state index is -0.850. The summed E-state index contributed by atoms with van der Waals surface area (Å²) in [5.74, 6) is -1.24. The van der Waals surface area contributed by atoms with Crippen molar-refractivity contribution in [2.24, 2.45) is 21.8 Å². The van der Waals surface area contributed by atoms with E-state index in [0.717, 1.165) is 81.1 Å². The van der Waals surface area contributed by atoms with E-state index in [1.807, 2.05) is 12.4 Å². The molecule has 1 aliphatic heterocycles. The van der Waals surface area contributed by atoms with Gasteiger partial charge >= 0.3 is 0 Å². The molecule has 1 aromatic carbocycles. The van der Waals surface area contributed by atoms with E-state index >= 15 is 0 Å². The minimum Gasteiger partial charge on any atom is -0.493 e. The molecule has 9 heteroatoms. The third-order valence-corrected chi connectivity index (χ3v) is 7.20. The van der Waals surface area contributed by atoms with Crippen molar-refractivity contribution in [3.05, 3.63) is 41.1 Å². The second-order valence-electron chi connectivity index (χ2n) is 9.57. The lowest BCUT2D eigenvalue weighted by Crippen LogP contribution is -2.18. The van der Waals surface area contributed by atoms with Gasteiger partial charge in [0.1, 0.15) is 22.4 Å². The number of aliphatic imine (C=N–C) groups is 2. The van der Waals surface area contributed by atoms with Crippen LogP contribution in [0.1, 0.15) is 77.7 Å². The van der Waals surface area contributed by atoms with Gasteiger partial charge in [-0.3, -0.25) is 15.8 Å². The highest BCUT2D eigenvalue weighted by Crippen LogP contribution is 2.26. The van der Waals surface area contributed by atoms with Crippen molar-refractivity contribution in [1.82, 2.24) is 5.32 Å². The number of allylic oxidation sites excluding steroid dienone is 1. The highest BCUT2D eigenvalue weighted by Gasteiger charge is 2.19. The second-order valence-corrected chi connectivity index (χ2v) is 10.6. The van der Waals surface area contributed by atoms with Crippen LogP contribution in [0.15, 0.2) is 33.9 Å². The molecule has 0 saturated carbocycles. The molecule has 1 unspecified atom stereocenters. The van der Waals surface area contributed by atoms with E-state index in [4.69, 9.17) is 15.6 Å². The van der Waals surface area contributed by atoms with Gasteiger partial charge in [-0.1, -0.05) is 45.4 Å². The van der Waals surface area contributed by atoms with Crippen LogP contribution in [0.4, 0.5) is 8.78 Å². The molecule has 3 N–H and O–H groups in total. The van der Waals surface area contributed by atoms with Crippen LogP contribution in [-0.2, 0) is 0 Å². The predicted octanol–water partition coefficient (Wildman–Crippen LogP) is 7.38. The van der Waals surface area contributed by atoms with Crippen LogP contribution in [0.3, 0.4) is 0 Å². The summed E-state index contributed by atoms with van der Waals surface area (Å²) in [5.41, 5.74) is 0.727. The molecule has 1 aliphatic rings. The first-order valence-electron chi connectivity index (χ1n) is 13.2. The van der Waals surface area contributed by atoms with E-state index in [0.29, 0.717) is 12.5 Å². The van der Waals surface area contributed by atoms with Crippen LogP contribution in [0.5, 0.6) is 5.75 Å². The fourth-order valence-corrected chi connectivity index (χ4v) is 4.59. The SMILES string of the molecule is CCCCCC1=C/N=C/NCCC(CCCOc2cc(F)c(C(=N)SC(=N)C(C)C)c(F)c2)CC/N=C\1. The van der Waals surface area contributed by atoms with E-state index < -0.39 is 17.2 Å². The lowest BCUT2D eigenvalue weighted by molar-refractivity contribution is 0.283. The van der Waals surface area contributed by atoms with Gasteiger partial charge in [0.15, 0.2) is 0 Å². The lowest BCUT2D eigenvalue weighted by atomic mass is 9.96. The summed E-state index contributed by atoms with van der Waals surface area (Å²) in [6, 6.07) is 2.23. The zero-order chi connectivity index (χ0) is 27.0. The van der Waals surface area contributed by atoms with Gasteiger partial charge in [-0.05, 0) is 50.0 Å². The Morgan fingerprint density at radius 1 is 1.16 bits per heavy atom. The average molecular weight is 534 g/mol. The molecule has 0 amide bonds. The predicted molar refractivity (Wildman–Crippen MR) is 153 cm³/mol. The Morgan fingerprint density at radius 2 is 1.92 bits per heavy atom. The molecule has 0 radical (unpaired) electrons. The maximum absolute atomic E-state index is 14.6. The molecule has 1 atom stereocenters. The molecule has 1 aromatic rings. The summed E-state index contributed by atoms with van der Waals surface area (Å²) in [6.45, 7) is 7.73. The maximum atomic E-state index is 14.6. The molecule has 0 saturated heterocycles. The number of thioether (sulfide) groups is 1. The molecule has 0 aromatic heterocycles. The van der Waals surface area contributed by atoms with Crippen LogP contribution in [0.2, 0.25) is 0 Å². The number of hydrogen-bond acceptors (Lipinski definition) is 7. The first-order valence-corrected chi connectivity index (χ1v) is 14.0. The molecular formula is C28H41F2N5OS. The van der Waals surface area contributed by atoms with Crippen LogP contribution >= 0.6 is 11.8 Å². The van der Waals surface area contributed by atoms with Gasteiger partial charge in [0, 0.05) is 43.6 Å². The van der Waals surface area contributed by atoms with E-state index in [2.05, 4.69) is 22.2 Å². The van der Waals surface area contributed by atoms with Gasteiger partial charge < -0.3 is 10.1 Å². The molecule has 204 valence electrons. The quantitative estimate of drug-likeness (QED) is 0.157. The third-order valence-electron chi connectivity index (χ3n) is 6.10. The standard InChI is InChI=1S/C28H41F2N5OS/c1-4-5-6-8-22-17-33-12-10-21(11-13-34-19-35-18-22)9-7-14-36-23-15-24(29)26(25(30)16-23)28(32)37-27(31)20(2)3/h15-21,31-32H,4-14H2,1-3H3,(H,34,35)/b22-18-,31-27?,32-28?,33-17-. The van der Waals surface area contributed by atoms with Gasteiger partial charge in [-0.15, -0.1) is 0 Å². The minimum absolute atomic E-state index is 0.110. The average Bonchev–Trinajstić information content (AvgIpc) is 2.83. The van der Waals surface area contributed by atoms with Gasteiger partial charge in [-0.25, -0.2) is 13.8 Å². The van der Waals surface area contributed by atoms with Crippen LogP contribution in [0, 0.1) is 34.3 Å². The van der Waals surface area contributed by atoms with Gasteiger partial charge in [0.2, 0.25) is 0 Å². The maximum Gasteiger partial charge on any atom is 0.139 e. The van der Waals surface area contributed by atoms with Crippen molar-refractivity contribution < 1.29 is 13.5 Å². The fourth-order valence-electron chi connectivity index (χ4n) is 3.84. The molecule has 0 bridgehead atoms. The second kappa shape index (κ2) is 17.1. The molecule has 2 rings (SSSR count). The molecule has 0 spiro atoms. The number of hydrogen-bond donors (Lipinski definition) is 3. The topological polar surface area (TPSA) is 93.7 Å². The molecule has 0 fully saturated rings. The zero-order valence-electron chi connectivity index (χ0n) is 22.3. The van der Waals surface area contributed by atoms with Crippen LogP contribution in [-0.4, -0.2) is 42.3 Å².